The number of ether oxygens (including phenoxy) is 1. The quantitative estimate of drug-likeness (QED) is 0.316. The van der Waals surface area contributed by atoms with E-state index in [1.54, 1.807) is 42.5 Å². The Hall–Kier alpha value is -3.27. The first-order chi connectivity index (χ1) is 18.9. The normalized spacial score (nSPS) is 12.1. The van der Waals surface area contributed by atoms with Crippen molar-refractivity contribution in [2.45, 2.75) is 38.9 Å². The van der Waals surface area contributed by atoms with Crippen molar-refractivity contribution in [2.75, 3.05) is 24.2 Å². The maximum Gasteiger partial charge on any atom is 0.244 e. The smallest absolute Gasteiger partial charge is 0.244 e. The number of benzene rings is 3. The largest absolute Gasteiger partial charge is 0.497 e. The fourth-order valence-electron chi connectivity index (χ4n) is 4.13. The van der Waals surface area contributed by atoms with Crippen molar-refractivity contribution in [2.24, 2.45) is 0 Å². The Kier molecular flexibility index (Phi) is 10.8. The van der Waals surface area contributed by atoms with E-state index in [1.165, 1.54) is 12.0 Å². The summed E-state index contributed by atoms with van der Waals surface area (Å²) in [5, 5.41) is 3.65. The van der Waals surface area contributed by atoms with Crippen LogP contribution in [0.5, 0.6) is 5.75 Å². The highest BCUT2D eigenvalue weighted by atomic mass is 35.5. The van der Waals surface area contributed by atoms with Gasteiger partial charge in [0.25, 0.3) is 0 Å². The number of carbonyl (C=O) groups is 2. The number of anilines is 1. The molecule has 0 radical (unpaired) electrons. The van der Waals surface area contributed by atoms with Gasteiger partial charge in [-0.2, -0.15) is 0 Å². The molecule has 1 N–H and O–H groups in total. The first-order valence-electron chi connectivity index (χ1n) is 12.6. The number of nitrogens with zero attached hydrogens (tertiary/aromatic N) is 2. The second-order valence-corrected chi connectivity index (χ2v) is 12.3. The molecule has 0 aliphatic heterocycles. The van der Waals surface area contributed by atoms with Gasteiger partial charge in [0.2, 0.25) is 21.8 Å². The van der Waals surface area contributed by atoms with E-state index in [-0.39, 0.29) is 30.6 Å². The molecule has 0 heterocycles. The number of rotatable bonds is 12. The lowest BCUT2D eigenvalue weighted by molar-refractivity contribution is -0.140. The fourth-order valence-corrected chi connectivity index (χ4v) is 5.45. The summed E-state index contributed by atoms with van der Waals surface area (Å²) in [6.45, 7) is 3.08. The Balaban J connectivity index is 2.07. The van der Waals surface area contributed by atoms with Crippen LogP contribution in [0.15, 0.2) is 72.8 Å². The molecule has 0 aromatic heterocycles. The predicted molar refractivity (Wildman–Crippen MR) is 159 cm³/mol. The van der Waals surface area contributed by atoms with Gasteiger partial charge in [-0.25, -0.2) is 8.42 Å². The van der Waals surface area contributed by atoms with Gasteiger partial charge < -0.3 is 15.0 Å². The van der Waals surface area contributed by atoms with Crippen LogP contribution in [0.1, 0.15) is 25.0 Å². The van der Waals surface area contributed by atoms with Crippen LogP contribution in [0.4, 0.5) is 5.69 Å². The van der Waals surface area contributed by atoms with Crippen LogP contribution in [-0.2, 0) is 32.6 Å². The summed E-state index contributed by atoms with van der Waals surface area (Å²) in [5.41, 5.74) is 1.68. The Morgan fingerprint density at radius 1 is 0.975 bits per heavy atom. The third-order valence-corrected chi connectivity index (χ3v) is 7.82. The van der Waals surface area contributed by atoms with Gasteiger partial charge in [-0.05, 0) is 61.4 Å². The van der Waals surface area contributed by atoms with Gasteiger partial charge in [0.05, 0.1) is 19.1 Å². The molecule has 11 heteroatoms. The number of hydrogen-bond donors (Lipinski definition) is 1. The van der Waals surface area contributed by atoms with Gasteiger partial charge in [0.1, 0.15) is 18.3 Å². The summed E-state index contributed by atoms with van der Waals surface area (Å²) >= 11 is 12.6. The standard InChI is InChI=1S/C29H33Cl2N3O5S/c1-20(2)32-29(36)27(16-21-8-6-5-7-9-21)33(18-22-10-11-23(30)17-26(22)31)28(35)19-34(40(4,37)38)24-12-14-25(39-3)15-13-24/h5-15,17,20,27H,16,18-19H2,1-4H3,(H,32,36)/t27-/m1/s1. The molecular formula is C29H33Cl2N3O5S. The van der Waals surface area contributed by atoms with Crippen molar-refractivity contribution in [1.29, 1.82) is 0 Å². The van der Waals surface area contributed by atoms with Gasteiger partial charge >= 0.3 is 0 Å². The summed E-state index contributed by atoms with van der Waals surface area (Å²) in [6.07, 6.45) is 1.23. The second-order valence-electron chi connectivity index (χ2n) is 9.59. The number of nitrogens with one attached hydrogen (secondary N) is 1. The van der Waals surface area contributed by atoms with Crippen molar-refractivity contribution in [3.05, 3.63) is 94.0 Å². The summed E-state index contributed by atoms with van der Waals surface area (Å²) in [4.78, 5) is 29.0. The van der Waals surface area contributed by atoms with Crippen molar-refractivity contribution >= 4 is 50.7 Å². The van der Waals surface area contributed by atoms with E-state index in [0.29, 0.717) is 21.4 Å². The Morgan fingerprint density at radius 2 is 1.62 bits per heavy atom. The lowest BCUT2D eigenvalue weighted by atomic mass is 10.0. The molecule has 1 atom stereocenters. The molecule has 214 valence electrons. The molecule has 0 aliphatic carbocycles. The first kappa shape index (κ1) is 31.3. The molecule has 8 nitrogen and oxygen atoms in total. The Labute approximate surface area is 245 Å². The molecule has 0 unspecified atom stereocenters. The average Bonchev–Trinajstić information content (AvgIpc) is 2.90. The zero-order valence-corrected chi connectivity index (χ0v) is 25.1. The molecule has 3 aromatic rings. The van der Waals surface area contributed by atoms with E-state index in [9.17, 15) is 18.0 Å². The minimum atomic E-state index is -3.88. The van der Waals surface area contributed by atoms with Crippen molar-refractivity contribution < 1.29 is 22.7 Å². The predicted octanol–water partition coefficient (Wildman–Crippen LogP) is 4.93. The number of methoxy groups -OCH3 is 1. The SMILES string of the molecule is COc1ccc(N(CC(=O)N(Cc2ccc(Cl)cc2Cl)[C@H](Cc2ccccc2)C(=O)NC(C)C)S(C)(=O)=O)cc1. The molecule has 0 saturated heterocycles. The van der Waals surface area contributed by atoms with Crippen LogP contribution < -0.4 is 14.4 Å². The lowest BCUT2D eigenvalue weighted by Gasteiger charge is -2.34. The van der Waals surface area contributed by atoms with Crippen molar-refractivity contribution in [3.8, 4) is 5.75 Å². The second kappa shape index (κ2) is 13.9. The fraction of sp³-hybridized carbons (Fsp3) is 0.310. The van der Waals surface area contributed by atoms with Crippen LogP contribution in [0.25, 0.3) is 0 Å². The summed E-state index contributed by atoms with van der Waals surface area (Å²) in [5.74, 6) is -0.407. The topological polar surface area (TPSA) is 96.0 Å². The van der Waals surface area contributed by atoms with E-state index in [4.69, 9.17) is 27.9 Å². The monoisotopic (exact) mass is 605 g/mol. The third-order valence-electron chi connectivity index (χ3n) is 6.10. The van der Waals surface area contributed by atoms with Gasteiger partial charge in [0.15, 0.2) is 0 Å². The molecule has 3 rings (SSSR count). The van der Waals surface area contributed by atoms with Crippen molar-refractivity contribution in [1.82, 2.24) is 10.2 Å². The lowest BCUT2D eigenvalue weighted by Crippen LogP contribution is -2.54. The van der Waals surface area contributed by atoms with Crippen LogP contribution in [0.3, 0.4) is 0 Å². The third kappa shape index (κ3) is 8.61. The highest BCUT2D eigenvalue weighted by Gasteiger charge is 2.33. The van der Waals surface area contributed by atoms with E-state index >= 15 is 0 Å². The molecule has 2 amide bonds. The van der Waals surface area contributed by atoms with Crippen LogP contribution in [-0.4, -0.2) is 57.1 Å². The molecule has 0 spiro atoms. The highest BCUT2D eigenvalue weighted by molar-refractivity contribution is 7.92. The van der Waals surface area contributed by atoms with E-state index in [2.05, 4.69) is 5.32 Å². The Morgan fingerprint density at radius 3 is 2.17 bits per heavy atom. The van der Waals surface area contributed by atoms with Crippen LogP contribution in [0, 0.1) is 0 Å². The number of carbonyl (C=O) groups excluding carboxylic acids is 2. The summed E-state index contributed by atoms with van der Waals surface area (Å²) in [6, 6.07) is 19.4. The molecular weight excluding hydrogens is 573 g/mol. The maximum absolute atomic E-state index is 14.0. The van der Waals surface area contributed by atoms with E-state index in [0.717, 1.165) is 16.1 Å². The molecule has 0 saturated carbocycles. The van der Waals surface area contributed by atoms with E-state index < -0.39 is 28.5 Å². The number of hydrogen-bond acceptors (Lipinski definition) is 5. The summed E-state index contributed by atoms with van der Waals surface area (Å²) in [7, 11) is -2.37. The molecule has 3 aromatic carbocycles. The molecule has 0 bridgehead atoms. The number of halogens is 2. The van der Waals surface area contributed by atoms with Crippen molar-refractivity contribution in [3.63, 3.8) is 0 Å². The minimum absolute atomic E-state index is 0.0436. The zero-order chi connectivity index (χ0) is 29.4. The molecule has 0 fully saturated rings. The van der Waals surface area contributed by atoms with Crippen LogP contribution >= 0.6 is 23.2 Å². The van der Waals surface area contributed by atoms with E-state index in [1.807, 2.05) is 44.2 Å². The maximum atomic E-state index is 14.0. The average molecular weight is 607 g/mol. The van der Waals surface area contributed by atoms with Gasteiger partial charge in [-0.3, -0.25) is 13.9 Å². The first-order valence-corrected chi connectivity index (χ1v) is 15.2. The number of sulfonamides is 1. The van der Waals surface area contributed by atoms with Gasteiger partial charge in [0, 0.05) is 29.1 Å². The molecule has 40 heavy (non-hydrogen) atoms. The highest BCUT2D eigenvalue weighted by Crippen LogP contribution is 2.26. The minimum Gasteiger partial charge on any atom is -0.497 e. The molecule has 0 aliphatic rings. The zero-order valence-electron chi connectivity index (χ0n) is 22.8. The van der Waals surface area contributed by atoms with Gasteiger partial charge in [-0.15, -0.1) is 0 Å². The Bertz CT molecular complexity index is 1420. The van der Waals surface area contributed by atoms with Gasteiger partial charge in [-0.1, -0.05) is 59.6 Å². The number of amides is 2. The summed E-state index contributed by atoms with van der Waals surface area (Å²) < 4.78 is 31.9. The van der Waals surface area contributed by atoms with Crippen LogP contribution in [0.2, 0.25) is 10.0 Å².